The van der Waals surface area contributed by atoms with Crippen LogP contribution in [0.5, 0.6) is 0 Å². The molecule has 1 saturated heterocycles. The van der Waals surface area contributed by atoms with Crippen LogP contribution >= 0.6 is 0 Å². The highest BCUT2D eigenvalue weighted by Gasteiger charge is 2.35. The van der Waals surface area contributed by atoms with Crippen molar-refractivity contribution < 1.29 is 4.79 Å². The molecule has 2 heteroatoms. The Hall–Kier alpha value is -0.530. The van der Waals surface area contributed by atoms with Crippen molar-refractivity contribution in [2.24, 2.45) is 5.41 Å². The normalized spacial score (nSPS) is 23.7. The Morgan fingerprint density at radius 2 is 2.08 bits per heavy atom. The fourth-order valence-corrected chi connectivity index (χ4v) is 2.17. The van der Waals surface area contributed by atoms with E-state index >= 15 is 0 Å². The third-order valence-electron chi connectivity index (χ3n) is 2.88. The zero-order chi connectivity index (χ0) is 10.1. The molecule has 0 aliphatic carbocycles. The lowest BCUT2D eigenvalue weighted by atomic mass is 9.85. The second kappa shape index (κ2) is 3.69. The van der Waals surface area contributed by atoms with Crippen LogP contribution in [0.25, 0.3) is 0 Å². The first-order valence-electron chi connectivity index (χ1n) is 5.26. The third-order valence-corrected chi connectivity index (χ3v) is 2.88. The van der Waals surface area contributed by atoms with E-state index in [-0.39, 0.29) is 5.41 Å². The van der Waals surface area contributed by atoms with Gasteiger partial charge in [-0.25, -0.2) is 0 Å². The molecule has 1 amide bonds. The van der Waals surface area contributed by atoms with E-state index < -0.39 is 0 Å². The largest absolute Gasteiger partial charge is 0.339 e. The van der Waals surface area contributed by atoms with Crippen molar-refractivity contribution in [3.8, 4) is 0 Å². The summed E-state index contributed by atoms with van der Waals surface area (Å²) < 4.78 is 0. The van der Waals surface area contributed by atoms with Gasteiger partial charge < -0.3 is 4.90 Å². The van der Waals surface area contributed by atoms with Crippen LogP contribution < -0.4 is 0 Å². The van der Waals surface area contributed by atoms with E-state index in [1.165, 1.54) is 12.8 Å². The molecule has 2 nitrogen and oxygen atoms in total. The van der Waals surface area contributed by atoms with Crippen LogP contribution in [0.15, 0.2) is 0 Å². The van der Waals surface area contributed by atoms with Gasteiger partial charge in [-0.15, -0.1) is 0 Å². The van der Waals surface area contributed by atoms with Gasteiger partial charge in [0.05, 0.1) is 0 Å². The van der Waals surface area contributed by atoms with Crippen molar-refractivity contribution >= 4 is 5.91 Å². The Labute approximate surface area is 81.3 Å². The standard InChI is InChI=1S/C11H21NO/c1-5-10(13)12-8-6-7-9(12)11(2,3)4/h9H,5-8H2,1-4H3/t9-/m1/s1. The summed E-state index contributed by atoms with van der Waals surface area (Å²) in [6.45, 7) is 9.58. The Morgan fingerprint density at radius 3 is 2.54 bits per heavy atom. The molecule has 1 atom stereocenters. The molecule has 0 aromatic rings. The van der Waals surface area contributed by atoms with E-state index in [9.17, 15) is 4.79 Å². The van der Waals surface area contributed by atoms with Crippen LogP contribution in [0, 0.1) is 5.41 Å². The van der Waals surface area contributed by atoms with Crippen LogP contribution in [-0.2, 0) is 4.79 Å². The highest BCUT2D eigenvalue weighted by molar-refractivity contribution is 5.76. The van der Waals surface area contributed by atoms with Crippen LogP contribution in [0.2, 0.25) is 0 Å². The lowest BCUT2D eigenvalue weighted by molar-refractivity contribution is -0.133. The van der Waals surface area contributed by atoms with Gasteiger partial charge in [-0.05, 0) is 18.3 Å². The van der Waals surface area contributed by atoms with Gasteiger partial charge in [0.15, 0.2) is 0 Å². The number of nitrogens with zero attached hydrogens (tertiary/aromatic N) is 1. The van der Waals surface area contributed by atoms with Gasteiger partial charge in [0.2, 0.25) is 5.91 Å². The van der Waals surface area contributed by atoms with Crippen molar-refractivity contribution in [1.82, 2.24) is 4.90 Å². The molecule has 0 saturated carbocycles. The van der Waals surface area contributed by atoms with Gasteiger partial charge >= 0.3 is 0 Å². The van der Waals surface area contributed by atoms with Crippen molar-refractivity contribution in [1.29, 1.82) is 0 Å². The highest BCUT2D eigenvalue weighted by atomic mass is 16.2. The average Bonchev–Trinajstić information content (AvgIpc) is 2.49. The highest BCUT2D eigenvalue weighted by Crippen LogP contribution is 2.32. The summed E-state index contributed by atoms with van der Waals surface area (Å²) in [5.41, 5.74) is 0.237. The van der Waals surface area contributed by atoms with Gasteiger partial charge in [-0.3, -0.25) is 4.79 Å². The summed E-state index contributed by atoms with van der Waals surface area (Å²) in [4.78, 5) is 13.7. The first kappa shape index (κ1) is 10.6. The molecule has 0 unspecified atom stereocenters. The molecule has 13 heavy (non-hydrogen) atoms. The summed E-state index contributed by atoms with van der Waals surface area (Å²) >= 11 is 0. The Kier molecular flexibility index (Phi) is 2.99. The van der Waals surface area contributed by atoms with Gasteiger partial charge in [-0.2, -0.15) is 0 Å². The molecule has 0 spiro atoms. The van der Waals surface area contributed by atoms with E-state index in [1.807, 2.05) is 6.92 Å². The minimum atomic E-state index is 0.237. The maximum atomic E-state index is 11.6. The van der Waals surface area contributed by atoms with Gasteiger partial charge in [0.25, 0.3) is 0 Å². The minimum Gasteiger partial charge on any atom is -0.339 e. The van der Waals surface area contributed by atoms with Crippen molar-refractivity contribution in [3.63, 3.8) is 0 Å². The number of amides is 1. The molecule has 0 aromatic carbocycles. The van der Waals surface area contributed by atoms with Gasteiger partial charge in [0.1, 0.15) is 0 Å². The third kappa shape index (κ3) is 2.23. The van der Waals surface area contributed by atoms with Crippen molar-refractivity contribution in [2.45, 2.75) is 53.0 Å². The summed E-state index contributed by atoms with van der Waals surface area (Å²) in [5, 5.41) is 0. The molecular weight excluding hydrogens is 162 g/mol. The lowest BCUT2D eigenvalue weighted by Gasteiger charge is -2.35. The van der Waals surface area contributed by atoms with Crippen LogP contribution in [-0.4, -0.2) is 23.4 Å². The topological polar surface area (TPSA) is 20.3 Å². The molecule has 0 bridgehead atoms. The number of hydrogen-bond acceptors (Lipinski definition) is 1. The number of likely N-dealkylation sites (tertiary alicyclic amines) is 1. The maximum absolute atomic E-state index is 11.6. The quantitative estimate of drug-likeness (QED) is 0.611. The monoisotopic (exact) mass is 183 g/mol. The Balaban J connectivity index is 2.70. The first-order valence-corrected chi connectivity index (χ1v) is 5.26. The van der Waals surface area contributed by atoms with E-state index in [0.29, 0.717) is 18.4 Å². The van der Waals surface area contributed by atoms with Gasteiger partial charge in [0, 0.05) is 19.0 Å². The number of rotatable bonds is 1. The minimum absolute atomic E-state index is 0.237. The fraction of sp³-hybridized carbons (Fsp3) is 0.909. The molecule has 0 N–H and O–H groups in total. The Morgan fingerprint density at radius 1 is 1.46 bits per heavy atom. The van der Waals surface area contributed by atoms with E-state index in [2.05, 4.69) is 25.7 Å². The molecule has 1 fully saturated rings. The van der Waals surface area contributed by atoms with E-state index in [1.54, 1.807) is 0 Å². The smallest absolute Gasteiger partial charge is 0.222 e. The van der Waals surface area contributed by atoms with E-state index in [4.69, 9.17) is 0 Å². The molecule has 0 aromatic heterocycles. The fourth-order valence-electron chi connectivity index (χ4n) is 2.17. The molecule has 1 rings (SSSR count). The van der Waals surface area contributed by atoms with Crippen LogP contribution in [0.3, 0.4) is 0 Å². The number of hydrogen-bond donors (Lipinski definition) is 0. The maximum Gasteiger partial charge on any atom is 0.222 e. The summed E-state index contributed by atoms with van der Waals surface area (Å²) in [6.07, 6.45) is 3.00. The molecule has 1 aliphatic heterocycles. The number of carbonyl (C=O) groups excluding carboxylic acids is 1. The molecule has 1 heterocycles. The van der Waals surface area contributed by atoms with E-state index in [0.717, 1.165) is 6.54 Å². The lowest BCUT2D eigenvalue weighted by Crippen LogP contribution is -2.42. The zero-order valence-electron chi connectivity index (χ0n) is 9.26. The molecule has 76 valence electrons. The molecular formula is C11H21NO. The summed E-state index contributed by atoms with van der Waals surface area (Å²) in [5.74, 6) is 0.317. The zero-order valence-corrected chi connectivity index (χ0v) is 9.26. The molecule has 0 radical (unpaired) electrons. The second-order valence-corrected chi connectivity index (χ2v) is 4.96. The Bertz CT molecular complexity index is 193. The number of carbonyl (C=O) groups is 1. The van der Waals surface area contributed by atoms with Crippen LogP contribution in [0.4, 0.5) is 0 Å². The summed E-state index contributed by atoms with van der Waals surface area (Å²) in [7, 11) is 0. The predicted molar refractivity (Wildman–Crippen MR) is 54.5 cm³/mol. The van der Waals surface area contributed by atoms with Crippen LogP contribution in [0.1, 0.15) is 47.0 Å². The van der Waals surface area contributed by atoms with Crippen molar-refractivity contribution in [3.05, 3.63) is 0 Å². The molecule has 1 aliphatic rings. The SMILES string of the molecule is CCC(=O)N1CCC[C@@H]1C(C)(C)C. The first-order chi connectivity index (χ1) is 5.96. The van der Waals surface area contributed by atoms with Crippen molar-refractivity contribution in [2.75, 3.05) is 6.54 Å². The van der Waals surface area contributed by atoms with Gasteiger partial charge in [-0.1, -0.05) is 27.7 Å². The average molecular weight is 183 g/mol. The summed E-state index contributed by atoms with van der Waals surface area (Å²) in [6, 6.07) is 0.458. The predicted octanol–water partition coefficient (Wildman–Crippen LogP) is 2.43. The second-order valence-electron chi connectivity index (χ2n) is 4.96.